The van der Waals surface area contributed by atoms with E-state index in [1.807, 2.05) is 29.0 Å². The molecule has 1 fully saturated rings. The molecule has 0 aliphatic carbocycles. The van der Waals surface area contributed by atoms with Crippen molar-refractivity contribution in [2.24, 2.45) is 11.8 Å². The van der Waals surface area contributed by atoms with Crippen LogP contribution in [0.25, 0.3) is 0 Å². The second-order valence-electron chi connectivity index (χ2n) is 9.36. The monoisotopic (exact) mass is 620 g/mol. The minimum absolute atomic E-state index is 0.283. The van der Waals surface area contributed by atoms with Gasteiger partial charge in [-0.1, -0.05) is 12.1 Å². The minimum Gasteiger partial charge on any atom is -0.475 e. The largest absolute Gasteiger partial charge is 0.490 e. The van der Waals surface area contributed by atoms with Gasteiger partial charge in [-0.25, -0.2) is 14.0 Å². The maximum absolute atomic E-state index is 13.4. The van der Waals surface area contributed by atoms with E-state index in [1.165, 1.54) is 12.1 Å². The highest BCUT2D eigenvalue weighted by Gasteiger charge is 2.40. The van der Waals surface area contributed by atoms with Gasteiger partial charge in [0.05, 0.1) is 5.69 Å². The lowest BCUT2D eigenvalue weighted by Crippen LogP contribution is -2.31. The van der Waals surface area contributed by atoms with E-state index >= 15 is 0 Å². The number of benzene rings is 1. The standard InChI is InChI=1S/C21H21FN6O.2C2HF3O2/c22-16-4-3-6-17(9-16)24-21(29)20-26-25-19-8-14-10-27(11-15(14)12-28(19)20)13-18-5-1-2-7-23-18;2*3-2(4,5)1(6)7/h1-7,9,14-15H,8,10-13H2,(H,24,29);2*(H,6,7). The van der Waals surface area contributed by atoms with Crippen LogP contribution in [0.3, 0.4) is 0 Å². The Labute approximate surface area is 238 Å². The third-order valence-electron chi connectivity index (χ3n) is 6.22. The van der Waals surface area contributed by atoms with Crippen molar-refractivity contribution < 1.29 is 55.3 Å². The lowest BCUT2D eigenvalue weighted by Gasteiger charge is -2.25. The molecule has 0 spiro atoms. The number of carboxylic acid groups (broad SMARTS) is 2. The van der Waals surface area contributed by atoms with Gasteiger partial charge in [-0.15, -0.1) is 10.2 Å². The third-order valence-corrected chi connectivity index (χ3v) is 6.22. The number of hydrogen-bond acceptors (Lipinski definition) is 7. The van der Waals surface area contributed by atoms with Crippen LogP contribution < -0.4 is 5.32 Å². The Morgan fingerprint density at radius 1 is 0.884 bits per heavy atom. The predicted molar refractivity (Wildman–Crippen MR) is 132 cm³/mol. The van der Waals surface area contributed by atoms with E-state index in [9.17, 15) is 35.5 Å². The van der Waals surface area contributed by atoms with Gasteiger partial charge in [0.25, 0.3) is 5.91 Å². The van der Waals surface area contributed by atoms with Crippen molar-refractivity contribution in [1.82, 2.24) is 24.6 Å². The van der Waals surface area contributed by atoms with Gasteiger partial charge in [-0.3, -0.25) is 14.7 Å². The summed E-state index contributed by atoms with van der Waals surface area (Å²) in [6.07, 6.45) is -7.53. The van der Waals surface area contributed by atoms with Gasteiger partial charge < -0.3 is 20.1 Å². The van der Waals surface area contributed by atoms with E-state index in [2.05, 4.69) is 25.4 Å². The summed E-state index contributed by atoms with van der Waals surface area (Å²) in [6, 6.07) is 11.8. The zero-order valence-corrected chi connectivity index (χ0v) is 21.8. The summed E-state index contributed by atoms with van der Waals surface area (Å²) < 4.78 is 78.8. The number of aromatic nitrogens is 4. The maximum Gasteiger partial charge on any atom is 0.490 e. The van der Waals surface area contributed by atoms with Gasteiger partial charge in [0, 0.05) is 44.5 Å². The van der Waals surface area contributed by atoms with Crippen LogP contribution in [0.1, 0.15) is 22.1 Å². The second kappa shape index (κ2) is 13.6. The van der Waals surface area contributed by atoms with Crippen molar-refractivity contribution in [1.29, 1.82) is 0 Å². The normalized spacial score (nSPS) is 17.7. The number of carbonyl (C=O) groups is 3. The molecular weight excluding hydrogens is 597 g/mol. The predicted octanol–water partition coefficient (Wildman–Crippen LogP) is 3.64. The van der Waals surface area contributed by atoms with Crippen LogP contribution in [0, 0.1) is 17.7 Å². The number of pyridine rings is 1. The zero-order chi connectivity index (χ0) is 31.9. The number of likely N-dealkylation sites (tertiary alicyclic amines) is 1. The lowest BCUT2D eigenvalue weighted by molar-refractivity contribution is -0.193. The Morgan fingerprint density at radius 3 is 2.07 bits per heavy atom. The van der Waals surface area contributed by atoms with Crippen LogP contribution in [0.4, 0.5) is 36.4 Å². The number of nitrogens with one attached hydrogen (secondary N) is 1. The number of aliphatic carboxylic acids is 2. The lowest BCUT2D eigenvalue weighted by atomic mass is 9.89. The molecule has 5 rings (SSSR count). The van der Waals surface area contributed by atoms with Crippen LogP contribution in [0.5, 0.6) is 0 Å². The third kappa shape index (κ3) is 9.45. The highest BCUT2D eigenvalue weighted by atomic mass is 19.4. The molecule has 2 aromatic heterocycles. The Bertz CT molecular complexity index is 1410. The van der Waals surface area contributed by atoms with Crippen molar-refractivity contribution in [3.05, 3.63) is 71.8 Å². The van der Waals surface area contributed by atoms with Gasteiger partial charge in [0.15, 0.2) is 0 Å². The van der Waals surface area contributed by atoms with Gasteiger partial charge >= 0.3 is 24.3 Å². The molecule has 2 aliphatic rings. The van der Waals surface area contributed by atoms with Crippen molar-refractivity contribution in [2.45, 2.75) is 31.9 Å². The van der Waals surface area contributed by atoms with Crippen LogP contribution in [-0.2, 0) is 29.1 Å². The number of anilines is 1. The number of amides is 1. The molecule has 43 heavy (non-hydrogen) atoms. The number of carbonyl (C=O) groups excluding carboxylic acids is 1. The number of fused-ring (bicyclic) bond motifs is 2. The second-order valence-corrected chi connectivity index (χ2v) is 9.36. The van der Waals surface area contributed by atoms with Crippen molar-refractivity contribution >= 4 is 23.5 Å². The maximum atomic E-state index is 13.4. The van der Waals surface area contributed by atoms with E-state index < -0.39 is 30.1 Å². The first-order valence-electron chi connectivity index (χ1n) is 12.3. The summed E-state index contributed by atoms with van der Waals surface area (Å²) in [6.45, 7) is 3.52. The van der Waals surface area contributed by atoms with E-state index in [0.29, 0.717) is 17.5 Å². The Kier molecular flexibility index (Phi) is 10.4. The summed E-state index contributed by atoms with van der Waals surface area (Å²) in [5, 5.41) is 25.3. The molecule has 1 saturated heterocycles. The van der Waals surface area contributed by atoms with Gasteiger partial charge in [0.1, 0.15) is 11.6 Å². The molecule has 1 amide bonds. The van der Waals surface area contributed by atoms with E-state index in [1.54, 1.807) is 12.1 Å². The molecule has 11 nitrogen and oxygen atoms in total. The van der Waals surface area contributed by atoms with E-state index in [4.69, 9.17) is 19.8 Å². The number of rotatable bonds is 4. The molecule has 2 aliphatic heterocycles. The molecule has 2 atom stereocenters. The quantitative estimate of drug-likeness (QED) is 0.372. The van der Waals surface area contributed by atoms with Gasteiger partial charge in [-0.2, -0.15) is 26.3 Å². The highest BCUT2D eigenvalue weighted by molar-refractivity contribution is 6.01. The Balaban J connectivity index is 0.000000303. The average Bonchev–Trinajstić information content (AvgIpc) is 3.50. The highest BCUT2D eigenvalue weighted by Crippen LogP contribution is 2.33. The van der Waals surface area contributed by atoms with Crippen LogP contribution >= 0.6 is 0 Å². The molecule has 3 aromatic rings. The van der Waals surface area contributed by atoms with Crippen molar-refractivity contribution in [2.75, 3.05) is 18.4 Å². The summed E-state index contributed by atoms with van der Waals surface area (Å²) in [5.74, 6) is -4.19. The number of carboxylic acids is 2. The first kappa shape index (κ1) is 32.9. The first-order chi connectivity index (χ1) is 20.0. The summed E-state index contributed by atoms with van der Waals surface area (Å²) >= 11 is 0. The molecule has 1 aromatic carbocycles. The fourth-order valence-corrected chi connectivity index (χ4v) is 4.39. The molecule has 0 bridgehead atoms. The van der Waals surface area contributed by atoms with E-state index in [0.717, 1.165) is 44.1 Å². The molecule has 232 valence electrons. The summed E-state index contributed by atoms with van der Waals surface area (Å²) in [7, 11) is 0. The molecule has 0 saturated carbocycles. The van der Waals surface area contributed by atoms with Crippen LogP contribution in [0.2, 0.25) is 0 Å². The number of hydrogen-bond donors (Lipinski definition) is 3. The SMILES string of the molecule is O=C(Nc1cccc(F)c1)c1nnc2n1CC1CN(Cc3ccccn3)CC1C2.O=C(O)C(F)(F)F.O=C(O)C(F)(F)F. The fourth-order valence-electron chi connectivity index (χ4n) is 4.39. The summed E-state index contributed by atoms with van der Waals surface area (Å²) in [4.78, 5) is 37.3. The van der Waals surface area contributed by atoms with Gasteiger partial charge in [0.2, 0.25) is 5.82 Å². The Morgan fingerprint density at radius 2 is 1.51 bits per heavy atom. The van der Waals surface area contributed by atoms with E-state index in [-0.39, 0.29) is 11.7 Å². The zero-order valence-electron chi connectivity index (χ0n) is 21.8. The number of halogens is 7. The topological polar surface area (TPSA) is 151 Å². The molecule has 0 radical (unpaired) electrons. The minimum atomic E-state index is -5.08. The van der Waals surface area contributed by atoms with Crippen molar-refractivity contribution in [3.8, 4) is 0 Å². The first-order valence-corrected chi connectivity index (χ1v) is 12.3. The van der Waals surface area contributed by atoms with Gasteiger partial charge in [-0.05, 0) is 42.2 Å². The molecule has 3 N–H and O–H groups in total. The van der Waals surface area contributed by atoms with Crippen LogP contribution in [-0.4, -0.2) is 78.1 Å². The average molecular weight is 620 g/mol. The van der Waals surface area contributed by atoms with Crippen LogP contribution in [0.15, 0.2) is 48.7 Å². The van der Waals surface area contributed by atoms with Crippen molar-refractivity contribution in [3.63, 3.8) is 0 Å². The molecular formula is C25H23F7N6O5. The molecule has 4 heterocycles. The smallest absolute Gasteiger partial charge is 0.475 e. The summed E-state index contributed by atoms with van der Waals surface area (Å²) in [5.41, 5.74) is 1.48. The molecule has 2 unspecified atom stereocenters. The Hall–Kier alpha value is -4.61. The fraction of sp³-hybridized carbons (Fsp3) is 0.360. The number of alkyl halides is 6. The number of nitrogens with zero attached hydrogens (tertiary/aromatic N) is 5. The molecule has 18 heteroatoms.